The van der Waals surface area contributed by atoms with Gasteiger partial charge in [-0.1, -0.05) is 18.2 Å². The molecule has 0 saturated carbocycles. The molecule has 0 fully saturated rings. The molecule has 0 unspecified atom stereocenters. The number of pyridine rings is 1. The first-order valence-electron chi connectivity index (χ1n) is 9.84. The third-order valence-electron chi connectivity index (χ3n) is 4.72. The summed E-state index contributed by atoms with van der Waals surface area (Å²) in [5.41, 5.74) is 2.12. The summed E-state index contributed by atoms with van der Waals surface area (Å²) in [5, 5.41) is 7.84. The Morgan fingerprint density at radius 2 is 1.56 bits per heavy atom. The molecular formula is C23H20N4O5. The Morgan fingerprint density at radius 3 is 2.41 bits per heavy atom. The van der Waals surface area contributed by atoms with Gasteiger partial charge in [0.25, 0.3) is 5.91 Å². The van der Waals surface area contributed by atoms with Gasteiger partial charge in [0.1, 0.15) is 0 Å². The fourth-order valence-electron chi connectivity index (χ4n) is 3.06. The van der Waals surface area contributed by atoms with Crippen molar-refractivity contribution >= 4 is 23.4 Å². The zero-order valence-electron chi connectivity index (χ0n) is 17.0. The molecule has 3 N–H and O–H groups in total. The molecule has 4 rings (SSSR count). The molecular weight excluding hydrogens is 412 g/mol. The Hall–Kier alpha value is -4.40. The lowest BCUT2D eigenvalue weighted by Gasteiger charge is -2.12. The number of para-hydroxylation sites is 1. The van der Waals surface area contributed by atoms with Gasteiger partial charge in [-0.05, 0) is 47.5 Å². The molecule has 9 heteroatoms. The minimum absolute atomic E-state index is 0.175. The lowest BCUT2D eigenvalue weighted by Crippen LogP contribution is -2.35. The predicted molar refractivity (Wildman–Crippen MR) is 115 cm³/mol. The number of carbonyl (C=O) groups excluding carboxylic acids is 3. The predicted octanol–water partition coefficient (Wildman–Crippen LogP) is 2.00. The quantitative estimate of drug-likeness (QED) is 0.513. The molecule has 1 aliphatic rings. The van der Waals surface area contributed by atoms with Gasteiger partial charge < -0.3 is 25.4 Å². The molecule has 162 valence electrons. The average molecular weight is 432 g/mol. The van der Waals surface area contributed by atoms with Gasteiger partial charge in [0.05, 0.1) is 11.3 Å². The fourth-order valence-corrected chi connectivity index (χ4v) is 3.06. The van der Waals surface area contributed by atoms with Gasteiger partial charge in [-0.15, -0.1) is 0 Å². The SMILES string of the molecule is O=C(NCc1ccncc1)C(=O)Nc1ccccc1C(=O)NCc1ccc2c(c1)OCO2. The molecule has 0 aliphatic carbocycles. The van der Waals surface area contributed by atoms with E-state index in [9.17, 15) is 14.4 Å². The number of anilines is 1. The third-order valence-corrected chi connectivity index (χ3v) is 4.72. The topological polar surface area (TPSA) is 119 Å². The third kappa shape index (κ3) is 5.01. The first kappa shape index (κ1) is 20.9. The Labute approximate surface area is 183 Å². The summed E-state index contributed by atoms with van der Waals surface area (Å²) in [7, 11) is 0. The van der Waals surface area contributed by atoms with Crippen molar-refractivity contribution in [2.75, 3.05) is 12.1 Å². The fraction of sp³-hybridized carbons (Fsp3) is 0.130. The van der Waals surface area contributed by atoms with E-state index >= 15 is 0 Å². The lowest BCUT2D eigenvalue weighted by molar-refractivity contribution is -0.136. The van der Waals surface area contributed by atoms with E-state index < -0.39 is 17.7 Å². The van der Waals surface area contributed by atoms with Crippen LogP contribution in [0.15, 0.2) is 67.0 Å². The minimum Gasteiger partial charge on any atom is -0.454 e. The number of ether oxygens (including phenoxy) is 2. The van der Waals surface area contributed by atoms with E-state index in [1.165, 1.54) is 0 Å². The number of hydrogen-bond donors (Lipinski definition) is 3. The van der Waals surface area contributed by atoms with Crippen LogP contribution >= 0.6 is 0 Å². The van der Waals surface area contributed by atoms with Crippen LogP contribution in [0, 0.1) is 0 Å². The highest BCUT2D eigenvalue weighted by molar-refractivity contribution is 6.40. The maximum absolute atomic E-state index is 12.7. The van der Waals surface area contributed by atoms with Gasteiger partial charge in [0.2, 0.25) is 6.79 Å². The van der Waals surface area contributed by atoms with E-state index in [0.717, 1.165) is 11.1 Å². The molecule has 9 nitrogen and oxygen atoms in total. The lowest BCUT2D eigenvalue weighted by atomic mass is 10.1. The van der Waals surface area contributed by atoms with Crippen molar-refractivity contribution in [1.29, 1.82) is 0 Å². The zero-order valence-corrected chi connectivity index (χ0v) is 17.0. The van der Waals surface area contributed by atoms with E-state index in [-0.39, 0.29) is 31.1 Å². The summed E-state index contributed by atoms with van der Waals surface area (Å²) in [6, 6.07) is 15.3. The number of nitrogens with one attached hydrogen (secondary N) is 3. The number of fused-ring (bicyclic) bond motifs is 1. The van der Waals surface area contributed by atoms with Gasteiger partial charge in [0, 0.05) is 25.5 Å². The number of nitrogens with zero attached hydrogens (tertiary/aromatic N) is 1. The Morgan fingerprint density at radius 1 is 0.812 bits per heavy atom. The van der Waals surface area contributed by atoms with Crippen LogP contribution in [0.3, 0.4) is 0 Å². The van der Waals surface area contributed by atoms with Crippen LogP contribution in [0.1, 0.15) is 21.5 Å². The summed E-state index contributed by atoms with van der Waals surface area (Å²) in [6.45, 7) is 0.616. The number of hydrogen-bond acceptors (Lipinski definition) is 6. The standard InChI is InChI=1S/C23H20N4O5/c28-21(25-13-16-5-6-19-20(11-16)32-14-31-19)17-3-1-2-4-18(17)27-23(30)22(29)26-12-15-7-9-24-10-8-15/h1-11H,12-14H2,(H,25,28)(H,26,29)(H,27,30). The smallest absolute Gasteiger partial charge is 0.313 e. The van der Waals surface area contributed by atoms with E-state index in [1.807, 2.05) is 6.07 Å². The largest absolute Gasteiger partial charge is 0.454 e. The second-order valence-electron chi connectivity index (χ2n) is 6.91. The number of carbonyl (C=O) groups is 3. The molecule has 1 aromatic heterocycles. The van der Waals surface area contributed by atoms with Crippen LogP contribution in [0.2, 0.25) is 0 Å². The normalized spacial score (nSPS) is 11.5. The number of amides is 3. The Balaban J connectivity index is 1.35. The Bertz CT molecular complexity index is 1150. The average Bonchev–Trinajstić information content (AvgIpc) is 3.30. The van der Waals surface area contributed by atoms with Crippen LogP contribution in [-0.2, 0) is 22.7 Å². The van der Waals surface area contributed by atoms with Crippen molar-refractivity contribution < 1.29 is 23.9 Å². The maximum Gasteiger partial charge on any atom is 0.313 e. The van der Waals surface area contributed by atoms with Crippen LogP contribution in [0.5, 0.6) is 11.5 Å². The highest BCUT2D eigenvalue weighted by Gasteiger charge is 2.18. The number of rotatable bonds is 6. The molecule has 2 heterocycles. The van der Waals surface area contributed by atoms with Crippen molar-refractivity contribution in [3.8, 4) is 11.5 Å². The molecule has 3 amide bonds. The van der Waals surface area contributed by atoms with Gasteiger partial charge in [-0.25, -0.2) is 0 Å². The monoisotopic (exact) mass is 432 g/mol. The number of benzene rings is 2. The molecule has 0 saturated heterocycles. The van der Waals surface area contributed by atoms with Crippen LogP contribution < -0.4 is 25.4 Å². The minimum atomic E-state index is -0.866. The highest BCUT2D eigenvalue weighted by atomic mass is 16.7. The second kappa shape index (κ2) is 9.61. The summed E-state index contributed by atoms with van der Waals surface area (Å²) < 4.78 is 10.6. The molecule has 0 atom stereocenters. The first-order valence-corrected chi connectivity index (χ1v) is 9.84. The van der Waals surface area contributed by atoms with Gasteiger partial charge in [0.15, 0.2) is 11.5 Å². The summed E-state index contributed by atoms with van der Waals surface area (Å²) in [5.74, 6) is -0.777. The molecule has 0 radical (unpaired) electrons. The van der Waals surface area contributed by atoms with Crippen molar-refractivity contribution in [1.82, 2.24) is 15.6 Å². The molecule has 3 aromatic rings. The van der Waals surface area contributed by atoms with Gasteiger partial charge in [-0.2, -0.15) is 0 Å². The Kier molecular flexibility index (Phi) is 6.26. The molecule has 1 aliphatic heterocycles. The molecule has 2 aromatic carbocycles. The van der Waals surface area contributed by atoms with Crippen LogP contribution in [-0.4, -0.2) is 29.5 Å². The zero-order chi connectivity index (χ0) is 22.3. The number of aromatic nitrogens is 1. The van der Waals surface area contributed by atoms with Crippen LogP contribution in [0.25, 0.3) is 0 Å². The molecule has 0 bridgehead atoms. The van der Waals surface area contributed by atoms with Gasteiger partial charge in [-0.3, -0.25) is 19.4 Å². The van der Waals surface area contributed by atoms with Crippen LogP contribution in [0.4, 0.5) is 5.69 Å². The first-order chi connectivity index (χ1) is 15.6. The maximum atomic E-state index is 12.7. The second-order valence-corrected chi connectivity index (χ2v) is 6.91. The molecule has 0 spiro atoms. The van der Waals surface area contributed by atoms with Crippen molar-refractivity contribution in [2.45, 2.75) is 13.1 Å². The van der Waals surface area contributed by atoms with Gasteiger partial charge >= 0.3 is 11.8 Å². The van der Waals surface area contributed by atoms with E-state index in [4.69, 9.17) is 9.47 Å². The van der Waals surface area contributed by atoms with E-state index in [0.29, 0.717) is 11.5 Å². The van der Waals surface area contributed by atoms with E-state index in [1.54, 1.807) is 60.9 Å². The summed E-state index contributed by atoms with van der Waals surface area (Å²) in [4.78, 5) is 41.1. The van der Waals surface area contributed by atoms with E-state index in [2.05, 4.69) is 20.9 Å². The molecule has 32 heavy (non-hydrogen) atoms. The summed E-state index contributed by atoms with van der Waals surface area (Å²) in [6.07, 6.45) is 3.19. The van der Waals surface area contributed by atoms with Crippen molar-refractivity contribution in [3.05, 3.63) is 83.7 Å². The van der Waals surface area contributed by atoms with Crippen molar-refractivity contribution in [2.24, 2.45) is 0 Å². The highest BCUT2D eigenvalue weighted by Crippen LogP contribution is 2.32. The summed E-state index contributed by atoms with van der Waals surface area (Å²) >= 11 is 0. The van der Waals surface area contributed by atoms with Crippen molar-refractivity contribution in [3.63, 3.8) is 0 Å².